The van der Waals surface area contributed by atoms with Crippen molar-refractivity contribution in [2.24, 2.45) is 11.1 Å². The zero-order valence-corrected chi connectivity index (χ0v) is 20.1. The monoisotopic (exact) mass is 534 g/mol. The standard InChI is InChI=1S/C22H19Cl2F3N2O4S/c1-12-4-14(2-3-18(12)20(30)28-9-13-10-34(31,32)11-13)19-8-21(33-29-19,22(25,26)27)15-5-16(23)7-17(24)6-15/h2-7,13H,8-11H2,1H3,(H,28,30)/t21-/m0/s1. The summed E-state index contributed by atoms with van der Waals surface area (Å²) in [6, 6.07) is 8.16. The molecule has 0 spiro atoms. The van der Waals surface area contributed by atoms with E-state index in [1.165, 1.54) is 18.2 Å². The molecule has 2 aliphatic heterocycles. The number of aryl methyl sites for hydroxylation is 1. The average molecular weight is 535 g/mol. The molecule has 0 aromatic heterocycles. The number of carbonyl (C=O) groups excluding carboxylic acids is 1. The second kappa shape index (κ2) is 8.73. The number of hydrogen-bond acceptors (Lipinski definition) is 5. The number of oxime groups is 1. The van der Waals surface area contributed by atoms with E-state index in [1.807, 2.05) is 0 Å². The number of carbonyl (C=O) groups is 1. The predicted molar refractivity (Wildman–Crippen MR) is 122 cm³/mol. The van der Waals surface area contributed by atoms with Crippen molar-refractivity contribution in [3.8, 4) is 0 Å². The molecule has 12 heteroatoms. The van der Waals surface area contributed by atoms with Gasteiger partial charge < -0.3 is 10.2 Å². The predicted octanol–water partition coefficient (Wildman–Crippen LogP) is 4.66. The molecule has 0 bridgehead atoms. The molecule has 6 nitrogen and oxygen atoms in total. The Morgan fingerprint density at radius 2 is 1.82 bits per heavy atom. The molecule has 1 N–H and O–H groups in total. The molecule has 182 valence electrons. The van der Waals surface area contributed by atoms with E-state index < -0.39 is 33.9 Å². The first-order valence-corrected chi connectivity index (χ1v) is 12.8. The highest BCUT2D eigenvalue weighted by molar-refractivity contribution is 7.92. The minimum absolute atomic E-state index is 0.0360. The molecule has 2 aliphatic rings. The second-order valence-electron chi connectivity index (χ2n) is 8.47. The number of hydrogen-bond donors (Lipinski definition) is 1. The third-order valence-corrected chi connectivity index (χ3v) is 8.24. The lowest BCUT2D eigenvalue weighted by Gasteiger charge is -2.29. The van der Waals surface area contributed by atoms with Gasteiger partial charge in [0.2, 0.25) is 0 Å². The summed E-state index contributed by atoms with van der Waals surface area (Å²) in [4.78, 5) is 17.5. The van der Waals surface area contributed by atoms with Gasteiger partial charge >= 0.3 is 6.18 Å². The molecule has 1 saturated heterocycles. The molecule has 0 saturated carbocycles. The second-order valence-corrected chi connectivity index (χ2v) is 11.5. The number of nitrogens with one attached hydrogen (secondary N) is 1. The van der Waals surface area contributed by atoms with Crippen molar-refractivity contribution >= 4 is 44.7 Å². The van der Waals surface area contributed by atoms with Crippen LogP contribution in [0.2, 0.25) is 10.0 Å². The van der Waals surface area contributed by atoms with E-state index in [0.717, 1.165) is 12.1 Å². The molecule has 1 fully saturated rings. The Morgan fingerprint density at radius 3 is 2.38 bits per heavy atom. The van der Waals surface area contributed by atoms with Crippen LogP contribution in [-0.2, 0) is 20.3 Å². The molecular formula is C22H19Cl2F3N2O4S. The maximum Gasteiger partial charge on any atom is 0.435 e. The normalized spacial score (nSPS) is 22.0. The number of halogens is 5. The van der Waals surface area contributed by atoms with Crippen LogP contribution >= 0.6 is 23.2 Å². The van der Waals surface area contributed by atoms with E-state index in [2.05, 4.69) is 10.5 Å². The van der Waals surface area contributed by atoms with E-state index in [0.29, 0.717) is 16.7 Å². The lowest BCUT2D eigenvalue weighted by molar-refractivity contribution is -0.275. The SMILES string of the molecule is Cc1cc(C2=NO[C@@](c3cc(Cl)cc(Cl)c3)(C(F)(F)F)C2)ccc1C(=O)NCC1CS(=O)(=O)C1. The smallest absolute Gasteiger partial charge is 0.374 e. The zero-order valence-electron chi connectivity index (χ0n) is 17.7. The van der Waals surface area contributed by atoms with Crippen molar-refractivity contribution in [2.45, 2.75) is 25.1 Å². The summed E-state index contributed by atoms with van der Waals surface area (Å²) < 4.78 is 65.0. The number of amides is 1. The van der Waals surface area contributed by atoms with Crippen molar-refractivity contribution in [3.05, 3.63) is 68.7 Å². The van der Waals surface area contributed by atoms with Gasteiger partial charge in [0, 0.05) is 40.1 Å². The lowest BCUT2D eigenvalue weighted by Crippen LogP contribution is -2.44. The van der Waals surface area contributed by atoms with Gasteiger partial charge in [0.05, 0.1) is 17.2 Å². The van der Waals surface area contributed by atoms with E-state index in [9.17, 15) is 26.4 Å². The minimum atomic E-state index is -4.81. The fourth-order valence-electron chi connectivity index (χ4n) is 4.06. The van der Waals surface area contributed by atoms with E-state index >= 15 is 0 Å². The Morgan fingerprint density at radius 1 is 1.18 bits per heavy atom. The maximum atomic E-state index is 14.2. The Bertz CT molecular complexity index is 1270. The van der Waals surface area contributed by atoms with Crippen LogP contribution in [0.4, 0.5) is 13.2 Å². The number of alkyl halides is 3. The molecule has 0 radical (unpaired) electrons. The van der Waals surface area contributed by atoms with Crippen LogP contribution in [0, 0.1) is 12.8 Å². The number of rotatable bonds is 5. The highest BCUT2D eigenvalue weighted by atomic mass is 35.5. The van der Waals surface area contributed by atoms with Gasteiger partial charge in [-0.15, -0.1) is 0 Å². The van der Waals surface area contributed by atoms with Crippen molar-refractivity contribution in [1.82, 2.24) is 5.32 Å². The Kier molecular flexibility index (Phi) is 6.37. The summed E-state index contributed by atoms with van der Waals surface area (Å²) in [6.07, 6.45) is -5.41. The third kappa shape index (κ3) is 4.76. The molecule has 4 rings (SSSR count). The van der Waals surface area contributed by atoms with Crippen LogP contribution in [0.5, 0.6) is 0 Å². The molecule has 0 unspecified atom stereocenters. The summed E-state index contributed by atoms with van der Waals surface area (Å²) in [6.45, 7) is 1.88. The molecule has 2 heterocycles. The van der Waals surface area contributed by atoms with Gasteiger partial charge in [-0.25, -0.2) is 8.42 Å². The van der Waals surface area contributed by atoms with Gasteiger partial charge in [-0.05, 0) is 48.4 Å². The fourth-order valence-corrected chi connectivity index (χ4v) is 6.16. The van der Waals surface area contributed by atoms with Crippen molar-refractivity contribution in [1.29, 1.82) is 0 Å². The maximum absolute atomic E-state index is 14.2. The highest BCUT2D eigenvalue weighted by Crippen LogP contribution is 2.49. The zero-order chi connectivity index (χ0) is 24.9. The average Bonchev–Trinajstić information content (AvgIpc) is 3.16. The minimum Gasteiger partial charge on any atom is -0.374 e. The van der Waals surface area contributed by atoms with Crippen LogP contribution in [0.1, 0.15) is 33.5 Å². The van der Waals surface area contributed by atoms with Crippen LogP contribution in [0.15, 0.2) is 41.6 Å². The molecule has 1 amide bonds. The van der Waals surface area contributed by atoms with Crippen molar-refractivity contribution in [3.63, 3.8) is 0 Å². The largest absolute Gasteiger partial charge is 0.435 e. The van der Waals surface area contributed by atoms with Crippen LogP contribution in [0.25, 0.3) is 0 Å². The molecule has 1 atom stereocenters. The Balaban J connectivity index is 1.52. The van der Waals surface area contributed by atoms with Gasteiger partial charge in [-0.2, -0.15) is 13.2 Å². The van der Waals surface area contributed by atoms with E-state index in [-0.39, 0.29) is 45.3 Å². The Labute approximate surface area is 204 Å². The molecule has 0 aliphatic carbocycles. The fraction of sp³-hybridized carbons (Fsp3) is 0.364. The van der Waals surface area contributed by atoms with Crippen molar-refractivity contribution < 1.29 is 31.2 Å². The summed E-state index contributed by atoms with van der Waals surface area (Å²) in [5.41, 5.74) is -1.73. The van der Waals surface area contributed by atoms with Crippen LogP contribution in [-0.4, -0.2) is 44.3 Å². The number of nitrogens with zero attached hydrogens (tertiary/aromatic N) is 1. The third-order valence-electron chi connectivity index (χ3n) is 5.85. The van der Waals surface area contributed by atoms with Gasteiger partial charge in [-0.3, -0.25) is 4.79 Å². The molecule has 2 aromatic carbocycles. The first-order chi connectivity index (χ1) is 15.8. The Hall–Kier alpha value is -2.30. The summed E-state index contributed by atoms with van der Waals surface area (Å²) in [7, 11) is -2.98. The topological polar surface area (TPSA) is 84.8 Å². The van der Waals surface area contributed by atoms with E-state index in [1.54, 1.807) is 13.0 Å². The first-order valence-electron chi connectivity index (χ1n) is 10.2. The van der Waals surface area contributed by atoms with E-state index in [4.69, 9.17) is 28.0 Å². The van der Waals surface area contributed by atoms with Gasteiger partial charge in [-0.1, -0.05) is 34.4 Å². The summed E-state index contributed by atoms with van der Waals surface area (Å²) >= 11 is 11.8. The van der Waals surface area contributed by atoms with Crippen molar-refractivity contribution in [2.75, 3.05) is 18.1 Å². The summed E-state index contributed by atoms with van der Waals surface area (Å²) in [5.74, 6) is -0.418. The first kappa shape index (κ1) is 24.8. The molecule has 2 aromatic rings. The highest BCUT2D eigenvalue weighted by Gasteiger charge is 2.62. The lowest BCUT2D eigenvalue weighted by atomic mass is 9.86. The molecule has 34 heavy (non-hydrogen) atoms. The quantitative estimate of drug-likeness (QED) is 0.604. The van der Waals surface area contributed by atoms with Crippen LogP contribution < -0.4 is 5.32 Å². The summed E-state index contributed by atoms with van der Waals surface area (Å²) in [5, 5.41) is 6.50. The number of benzene rings is 2. The van der Waals surface area contributed by atoms with Gasteiger partial charge in [0.1, 0.15) is 0 Å². The molecular weight excluding hydrogens is 516 g/mol. The van der Waals surface area contributed by atoms with Gasteiger partial charge in [0.15, 0.2) is 9.84 Å². The number of sulfone groups is 1. The van der Waals surface area contributed by atoms with Gasteiger partial charge in [0.25, 0.3) is 11.5 Å². The van der Waals surface area contributed by atoms with Crippen LogP contribution in [0.3, 0.4) is 0 Å².